The maximum atomic E-state index is 14.2. The first kappa shape index (κ1) is 11.6. The molecule has 0 amide bonds. The van der Waals surface area contributed by atoms with Gasteiger partial charge in [0.05, 0.1) is 12.7 Å². The van der Waals surface area contributed by atoms with Gasteiger partial charge < -0.3 is 19.3 Å². The van der Waals surface area contributed by atoms with Crippen LogP contribution in [-0.4, -0.2) is 31.0 Å². The molecule has 98 valence electrons. The molecular weight excluding hydrogens is 239 g/mol. The summed E-state index contributed by atoms with van der Waals surface area (Å²) in [5, 5.41) is 9.97. The fraction of sp³-hybridized carbons (Fsp3) is 0.538. The molecule has 5 heteroatoms. The first-order chi connectivity index (χ1) is 8.63. The van der Waals surface area contributed by atoms with Crippen molar-refractivity contribution in [1.29, 1.82) is 0 Å². The highest BCUT2D eigenvalue weighted by Crippen LogP contribution is 2.46. The summed E-state index contributed by atoms with van der Waals surface area (Å²) in [5.74, 6) is 0.541. The molecule has 0 unspecified atom stereocenters. The van der Waals surface area contributed by atoms with Gasteiger partial charge in [0, 0.05) is 18.1 Å². The third kappa shape index (κ3) is 1.88. The Balaban J connectivity index is 2.07. The summed E-state index contributed by atoms with van der Waals surface area (Å²) in [7, 11) is 1.41. The Hall–Kier alpha value is -1.49. The molecule has 0 saturated heterocycles. The normalized spacial score (nSPS) is 19.5. The van der Waals surface area contributed by atoms with Crippen LogP contribution < -0.4 is 14.2 Å². The lowest BCUT2D eigenvalue weighted by atomic mass is 10.0. The van der Waals surface area contributed by atoms with Gasteiger partial charge in [0.2, 0.25) is 0 Å². The van der Waals surface area contributed by atoms with Crippen LogP contribution >= 0.6 is 0 Å². The van der Waals surface area contributed by atoms with Crippen molar-refractivity contribution in [2.45, 2.75) is 24.9 Å². The van der Waals surface area contributed by atoms with Crippen LogP contribution in [0.3, 0.4) is 0 Å². The highest BCUT2D eigenvalue weighted by molar-refractivity contribution is 5.54. The molecule has 2 aliphatic rings. The molecular formula is C13H15FO4. The highest BCUT2D eigenvalue weighted by Gasteiger charge is 2.42. The summed E-state index contributed by atoms with van der Waals surface area (Å²) in [6, 6.07) is 1.49. The Bertz CT molecular complexity index is 482. The molecule has 1 fully saturated rings. The van der Waals surface area contributed by atoms with Crippen LogP contribution in [0, 0.1) is 5.82 Å². The van der Waals surface area contributed by atoms with Crippen LogP contribution in [0.15, 0.2) is 6.07 Å². The minimum Gasteiger partial charge on any atom is -0.494 e. The Labute approximate surface area is 104 Å². The third-order valence-corrected chi connectivity index (χ3v) is 3.38. The largest absolute Gasteiger partial charge is 0.494 e. The molecule has 0 atom stereocenters. The maximum Gasteiger partial charge on any atom is 0.172 e. The summed E-state index contributed by atoms with van der Waals surface area (Å²) in [6.45, 7) is 0.829. The van der Waals surface area contributed by atoms with Gasteiger partial charge in [0.25, 0.3) is 0 Å². The number of halogens is 1. The predicted molar refractivity (Wildman–Crippen MR) is 61.8 cm³/mol. The van der Waals surface area contributed by atoms with E-state index < -0.39 is 11.4 Å². The summed E-state index contributed by atoms with van der Waals surface area (Å²) >= 11 is 0. The van der Waals surface area contributed by atoms with E-state index in [1.54, 1.807) is 0 Å². The van der Waals surface area contributed by atoms with E-state index in [0.717, 1.165) is 0 Å². The molecule has 1 aliphatic heterocycles. The highest BCUT2D eigenvalue weighted by atomic mass is 19.1. The quantitative estimate of drug-likeness (QED) is 0.891. The van der Waals surface area contributed by atoms with Crippen molar-refractivity contribution in [3.8, 4) is 17.2 Å². The van der Waals surface area contributed by atoms with Gasteiger partial charge in [-0.1, -0.05) is 0 Å². The molecule has 1 aromatic rings. The second kappa shape index (κ2) is 4.02. The minimum absolute atomic E-state index is 0.124. The number of ether oxygens (including phenoxy) is 3. The summed E-state index contributed by atoms with van der Waals surface area (Å²) in [4.78, 5) is 0. The van der Waals surface area contributed by atoms with Gasteiger partial charge in [0.15, 0.2) is 23.1 Å². The lowest BCUT2D eigenvalue weighted by molar-refractivity contribution is 0.140. The maximum absolute atomic E-state index is 14.2. The second-order valence-electron chi connectivity index (χ2n) is 4.80. The van der Waals surface area contributed by atoms with Crippen molar-refractivity contribution >= 4 is 0 Å². The van der Waals surface area contributed by atoms with E-state index in [-0.39, 0.29) is 12.2 Å². The molecule has 1 aliphatic carbocycles. The van der Waals surface area contributed by atoms with E-state index in [2.05, 4.69) is 0 Å². The van der Waals surface area contributed by atoms with Crippen molar-refractivity contribution in [3.05, 3.63) is 17.4 Å². The van der Waals surface area contributed by atoms with E-state index in [0.29, 0.717) is 43.1 Å². The van der Waals surface area contributed by atoms with E-state index in [1.165, 1.54) is 13.2 Å². The van der Waals surface area contributed by atoms with Crippen molar-refractivity contribution in [1.82, 2.24) is 0 Å². The fourth-order valence-electron chi connectivity index (χ4n) is 2.16. The number of rotatable bonds is 3. The number of hydrogen-bond acceptors (Lipinski definition) is 4. The number of benzene rings is 1. The van der Waals surface area contributed by atoms with E-state index in [1.807, 2.05) is 0 Å². The van der Waals surface area contributed by atoms with Crippen LogP contribution in [-0.2, 0) is 6.42 Å². The van der Waals surface area contributed by atoms with Gasteiger partial charge in [-0.05, 0) is 12.8 Å². The van der Waals surface area contributed by atoms with E-state index >= 15 is 0 Å². The van der Waals surface area contributed by atoms with Gasteiger partial charge in [-0.25, -0.2) is 4.39 Å². The van der Waals surface area contributed by atoms with Gasteiger partial charge in [-0.15, -0.1) is 0 Å². The van der Waals surface area contributed by atoms with Gasteiger partial charge >= 0.3 is 0 Å². The monoisotopic (exact) mass is 254 g/mol. The molecule has 0 bridgehead atoms. The Morgan fingerprint density at radius 2 is 2.11 bits per heavy atom. The predicted octanol–water partition coefficient (Wildman–Crippen LogP) is 1.67. The molecule has 1 heterocycles. The Kier molecular flexibility index (Phi) is 2.59. The lowest BCUT2D eigenvalue weighted by Gasteiger charge is -2.23. The van der Waals surface area contributed by atoms with Crippen LogP contribution in [0.4, 0.5) is 4.39 Å². The van der Waals surface area contributed by atoms with Gasteiger partial charge in [-0.3, -0.25) is 0 Å². The van der Waals surface area contributed by atoms with Crippen molar-refractivity contribution < 1.29 is 23.7 Å². The fourth-order valence-corrected chi connectivity index (χ4v) is 2.16. The van der Waals surface area contributed by atoms with E-state index in [9.17, 15) is 9.50 Å². The van der Waals surface area contributed by atoms with Crippen LogP contribution in [0.2, 0.25) is 0 Å². The van der Waals surface area contributed by atoms with Crippen molar-refractivity contribution in [2.75, 3.05) is 20.3 Å². The minimum atomic E-state index is -0.790. The lowest BCUT2D eigenvalue weighted by Crippen LogP contribution is -2.20. The van der Waals surface area contributed by atoms with Crippen LogP contribution in [0.1, 0.15) is 18.4 Å². The smallest absolute Gasteiger partial charge is 0.172 e. The number of aliphatic hydroxyl groups is 1. The molecule has 0 radical (unpaired) electrons. The molecule has 18 heavy (non-hydrogen) atoms. The second-order valence-corrected chi connectivity index (χ2v) is 4.80. The number of fused-ring (bicyclic) bond motifs is 1. The molecule has 1 saturated carbocycles. The topological polar surface area (TPSA) is 47.9 Å². The standard InChI is InChI=1S/C13H15FO4/c1-16-9-6-10-12(18-5-4-17-10)8(11(9)14)7-13(15)2-3-13/h6,15H,2-5,7H2,1H3. The molecule has 0 spiro atoms. The summed E-state index contributed by atoms with van der Waals surface area (Å²) in [5.41, 5.74) is -0.439. The summed E-state index contributed by atoms with van der Waals surface area (Å²) < 4.78 is 30.2. The average molecular weight is 254 g/mol. The SMILES string of the molecule is COc1cc2c(c(CC3(O)CC3)c1F)OCCO2. The van der Waals surface area contributed by atoms with Gasteiger partial charge in [0.1, 0.15) is 13.2 Å². The van der Waals surface area contributed by atoms with Crippen LogP contribution in [0.5, 0.6) is 17.2 Å². The molecule has 1 N–H and O–H groups in total. The van der Waals surface area contributed by atoms with E-state index in [4.69, 9.17) is 14.2 Å². The first-order valence-electron chi connectivity index (χ1n) is 6.00. The number of hydrogen-bond donors (Lipinski definition) is 1. The van der Waals surface area contributed by atoms with Crippen LogP contribution in [0.25, 0.3) is 0 Å². The average Bonchev–Trinajstić information content (AvgIpc) is 3.10. The zero-order chi connectivity index (χ0) is 12.8. The molecule has 4 nitrogen and oxygen atoms in total. The molecule has 0 aromatic heterocycles. The van der Waals surface area contributed by atoms with Crippen molar-refractivity contribution in [2.24, 2.45) is 0 Å². The third-order valence-electron chi connectivity index (χ3n) is 3.38. The van der Waals surface area contributed by atoms with Gasteiger partial charge in [-0.2, -0.15) is 0 Å². The molecule has 1 aromatic carbocycles. The first-order valence-corrected chi connectivity index (χ1v) is 6.00. The summed E-state index contributed by atoms with van der Waals surface area (Å²) in [6.07, 6.45) is 1.63. The zero-order valence-electron chi connectivity index (χ0n) is 10.2. The number of methoxy groups -OCH3 is 1. The molecule has 3 rings (SSSR count). The Morgan fingerprint density at radius 1 is 1.39 bits per heavy atom. The Morgan fingerprint density at radius 3 is 2.78 bits per heavy atom. The van der Waals surface area contributed by atoms with Crippen molar-refractivity contribution in [3.63, 3.8) is 0 Å². The zero-order valence-corrected chi connectivity index (χ0v) is 10.2.